The summed E-state index contributed by atoms with van der Waals surface area (Å²) in [6.45, 7) is 1.12. The molecule has 1 aliphatic heterocycles. The minimum atomic E-state index is 1.12. The van der Waals surface area contributed by atoms with Crippen molar-refractivity contribution in [1.82, 2.24) is 0 Å². The van der Waals surface area contributed by atoms with Crippen LogP contribution in [0.5, 0.6) is 0 Å². The number of fused-ring (bicyclic) bond motifs is 1. The van der Waals surface area contributed by atoms with Crippen LogP contribution in [0.15, 0.2) is 9.85 Å². The largest absolute Gasteiger partial charge is 0.376 e. The third kappa shape index (κ3) is 0.883. The lowest BCUT2D eigenvalue weighted by Crippen LogP contribution is -1.90. The van der Waals surface area contributed by atoms with Crippen LogP contribution in [0, 0.1) is 0 Å². The van der Waals surface area contributed by atoms with Crippen molar-refractivity contribution in [3.63, 3.8) is 0 Å². The number of nitrogens with one attached hydrogen (secondary N) is 1. The van der Waals surface area contributed by atoms with Crippen molar-refractivity contribution in [1.29, 1.82) is 0 Å². The number of rotatable bonds is 0. The lowest BCUT2D eigenvalue weighted by Gasteiger charge is -1.86. The van der Waals surface area contributed by atoms with Crippen molar-refractivity contribution in [2.75, 3.05) is 11.9 Å². The Morgan fingerprint density at radius 3 is 3.33 bits per heavy atom. The molecule has 0 radical (unpaired) electrons. The Bertz CT molecular complexity index is 209. The van der Waals surface area contributed by atoms with Crippen molar-refractivity contribution in [2.24, 2.45) is 0 Å². The molecule has 0 bridgehead atoms. The van der Waals surface area contributed by atoms with Gasteiger partial charge in [-0.05, 0) is 34.0 Å². The number of hydrogen-bond donors (Lipinski definition) is 1. The highest BCUT2D eigenvalue weighted by Crippen LogP contribution is 2.34. The Morgan fingerprint density at radius 2 is 2.56 bits per heavy atom. The fourth-order valence-corrected chi connectivity index (χ4v) is 2.67. The minimum Gasteiger partial charge on any atom is -0.376 e. The molecule has 0 spiro atoms. The van der Waals surface area contributed by atoms with Crippen LogP contribution in [0.3, 0.4) is 0 Å². The lowest BCUT2D eigenvalue weighted by atomic mass is 10.3. The molecule has 0 saturated carbocycles. The van der Waals surface area contributed by atoms with Gasteiger partial charge in [-0.15, -0.1) is 11.3 Å². The van der Waals surface area contributed by atoms with Crippen LogP contribution in [0.1, 0.15) is 5.56 Å². The van der Waals surface area contributed by atoms with Gasteiger partial charge >= 0.3 is 0 Å². The van der Waals surface area contributed by atoms with E-state index in [1.165, 1.54) is 20.8 Å². The van der Waals surface area contributed by atoms with E-state index in [1.54, 1.807) is 11.3 Å². The summed E-state index contributed by atoms with van der Waals surface area (Å²) in [6.07, 6.45) is 1.19. The second-order valence-electron chi connectivity index (χ2n) is 2.08. The molecule has 9 heavy (non-hydrogen) atoms. The van der Waals surface area contributed by atoms with E-state index in [1.807, 2.05) is 0 Å². The zero-order valence-electron chi connectivity index (χ0n) is 4.78. The minimum absolute atomic E-state index is 1.12. The van der Waals surface area contributed by atoms with Gasteiger partial charge in [-0.25, -0.2) is 0 Å². The average molecular weight is 204 g/mol. The summed E-state index contributed by atoms with van der Waals surface area (Å²) in [5.41, 5.74) is 1.46. The number of hydrogen-bond acceptors (Lipinski definition) is 2. The predicted molar refractivity (Wildman–Crippen MR) is 44.2 cm³/mol. The first-order valence-corrected chi connectivity index (χ1v) is 4.49. The number of halogens is 1. The third-order valence-corrected chi connectivity index (χ3v) is 3.10. The molecule has 0 atom stereocenters. The molecule has 2 rings (SSSR count). The quantitative estimate of drug-likeness (QED) is 0.684. The molecule has 0 saturated heterocycles. The van der Waals surface area contributed by atoms with E-state index in [2.05, 4.69) is 27.3 Å². The first-order valence-electron chi connectivity index (χ1n) is 2.88. The van der Waals surface area contributed by atoms with E-state index < -0.39 is 0 Å². The smallest absolute Gasteiger partial charge is 0.0927 e. The van der Waals surface area contributed by atoms with Crippen molar-refractivity contribution in [2.45, 2.75) is 6.42 Å². The molecule has 1 aromatic heterocycles. The van der Waals surface area contributed by atoms with Gasteiger partial charge in [0.15, 0.2) is 0 Å². The van der Waals surface area contributed by atoms with Gasteiger partial charge in [0.1, 0.15) is 0 Å². The molecule has 0 aliphatic carbocycles. The zero-order valence-corrected chi connectivity index (χ0v) is 7.18. The summed E-state index contributed by atoms with van der Waals surface area (Å²) in [5, 5.41) is 4.66. The number of anilines is 1. The fourth-order valence-electron chi connectivity index (χ4n) is 1.04. The molecule has 1 aromatic rings. The van der Waals surface area contributed by atoms with Crippen LogP contribution < -0.4 is 5.32 Å². The third-order valence-electron chi connectivity index (χ3n) is 1.46. The van der Waals surface area contributed by atoms with Gasteiger partial charge in [-0.3, -0.25) is 0 Å². The highest BCUT2D eigenvalue weighted by molar-refractivity contribution is 9.11. The summed E-state index contributed by atoms with van der Waals surface area (Å²) in [5.74, 6) is 0. The molecule has 0 fully saturated rings. The van der Waals surface area contributed by atoms with Crippen LogP contribution in [0.4, 0.5) is 5.00 Å². The molecule has 2 heterocycles. The Labute approximate surface area is 66.2 Å². The second kappa shape index (κ2) is 1.99. The molecular weight excluding hydrogens is 198 g/mol. The lowest BCUT2D eigenvalue weighted by molar-refractivity contribution is 1.11. The Morgan fingerprint density at radius 1 is 1.67 bits per heavy atom. The molecule has 48 valence electrons. The maximum Gasteiger partial charge on any atom is 0.0927 e. The Balaban J connectivity index is 2.51. The van der Waals surface area contributed by atoms with Crippen LogP contribution in [-0.2, 0) is 6.42 Å². The van der Waals surface area contributed by atoms with Crippen LogP contribution in [0.2, 0.25) is 0 Å². The molecule has 0 aromatic carbocycles. The Kier molecular flexibility index (Phi) is 1.27. The summed E-state index contributed by atoms with van der Waals surface area (Å²) >= 11 is 5.22. The maximum atomic E-state index is 3.44. The molecule has 0 unspecified atom stereocenters. The number of thiophene rings is 1. The van der Waals surface area contributed by atoms with Crippen LogP contribution in [-0.4, -0.2) is 6.54 Å². The summed E-state index contributed by atoms with van der Waals surface area (Å²) in [4.78, 5) is 0. The van der Waals surface area contributed by atoms with Gasteiger partial charge in [0, 0.05) is 6.54 Å². The highest BCUT2D eigenvalue weighted by atomic mass is 79.9. The van der Waals surface area contributed by atoms with Crippen LogP contribution >= 0.6 is 27.3 Å². The monoisotopic (exact) mass is 203 g/mol. The van der Waals surface area contributed by atoms with E-state index >= 15 is 0 Å². The molecule has 3 heteroatoms. The fraction of sp³-hybridized carbons (Fsp3) is 0.333. The SMILES string of the molecule is Brc1cc2c(s1)NCC2. The van der Waals surface area contributed by atoms with E-state index in [9.17, 15) is 0 Å². The van der Waals surface area contributed by atoms with Crippen LogP contribution in [0.25, 0.3) is 0 Å². The van der Waals surface area contributed by atoms with Gasteiger partial charge in [0.25, 0.3) is 0 Å². The van der Waals surface area contributed by atoms with Gasteiger partial charge in [-0.2, -0.15) is 0 Å². The molecule has 1 N–H and O–H groups in total. The Hall–Kier alpha value is -0.0200. The van der Waals surface area contributed by atoms with Gasteiger partial charge in [0.2, 0.25) is 0 Å². The summed E-state index contributed by atoms with van der Waals surface area (Å²) in [7, 11) is 0. The molecule has 1 nitrogen and oxygen atoms in total. The van der Waals surface area contributed by atoms with Gasteiger partial charge in [0.05, 0.1) is 8.79 Å². The van der Waals surface area contributed by atoms with E-state index in [0.717, 1.165) is 6.54 Å². The summed E-state index contributed by atoms with van der Waals surface area (Å²) in [6, 6.07) is 2.19. The average Bonchev–Trinajstić information content (AvgIpc) is 2.22. The normalized spacial score (nSPS) is 15.2. The van der Waals surface area contributed by atoms with Crippen molar-refractivity contribution < 1.29 is 0 Å². The second-order valence-corrected chi connectivity index (χ2v) is 4.51. The molecule has 0 amide bonds. The van der Waals surface area contributed by atoms with E-state index in [0.29, 0.717) is 0 Å². The predicted octanol–water partition coefficient (Wildman–Crippen LogP) is 2.48. The molecular formula is C6H6BrNS. The summed E-state index contributed by atoms with van der Waals surface area (Å²) < 4.78 is 1.24. The standard InChI is InChI=1S/C6H6BrNS/c7-5-3-4-1-2-8-6(4)9-5/h3,8H,1-2H2. The highest BCUT2D eigenvalue weighted by Gasteiger charge is 2.11. The van der Waals surface area contributed by atoms with Gasteiger partial charge < -0.3 is 5.32 Å². The van der Waals surface area contributed by atoms with E-state index in [-0.39, 0.29) is 0 Å². The zero-order chi connectivity index (χ0) is 6.27. The maximum absolute atomic E-state index is 3.44. The van der Waals surface area contributed by atoms with E-state index in [4.69, 9.17) is 0 Å². The van der Waals surface area contributed by atoms with Gasteiger partial charge in [-0.1, -0.05) is 0 Å². The van der Waals surface area contributed by atoms with Crippen molar-refractivity contribution in [3.8, 4) is 0 Å². The molecule has 1 aliphatic rings. The first-order chi connectivity index (χ1) is 4.36. The topological polar surface area (TPSA) is 12.0 Å². The van der Waals surface area contributed by atoms with Crippen molar-refractivity contribution >= 4 is 32.3 Å². The first kappa shape index (κ1) is 5.74. The van der Waals surface area contributed by atoms with Crippen molar-refractivity contribution in [3.05, 3.63) is 15.4 Å².